The largest absolute Gasteiger partial charge is 0.462 e. The number of carbonyl (C=O) groups excluding carboxylic acids is 2. The van der Waals surface area contributed by atoms with Crippen LogP contribution in [0.3, 0.4) is 0 Å². The summed E-state index contributed by atoms with van der Waals surface area (Å²) in [6.45, 7) is 4.96. The second-order valence-electron chi connectivity index (χ2n) is 4.21. The Labute approximate surface area is 102 Å². The van der Waals surface area contributed by atoms with E-state index in [2.05, 4.69) is 0 Å². The van der Waals surface area contributed by atoms with Crippen molar-refractivity contribution >= 4 is 12.4 Å². The number of nitrogens with zero attached hydrogens (tertiary/aromatic N) is 1. The van der Waals surface area contributed by atoms with E-state index in [9.17, 15) is 9.59 Å². The molecule has 98 valence electrons. The molecule has 0 aromatic rings. The first kappa shape index (κ1) is 15.6. The highest BCUT2D eigenvalue weighted by atomic mass is 16.5. The number of carbonyl (C=O) groups is 2. The molecule has 0 aliphatic heterocycles. The zero-order valence-electron chi connectivity index (χ0n) is 10.8. The van der Waals surface area contributed by atoms with Gasteiger partial charge in [-0.2, -0.15) is 0 Å². The van der Waals surface area contributed by atoms with E-state index in [4.69, 9.17) is 9.84 Å². The van der Waals surface area contributed by atoms with Crippen molar-refractivity contribution in [1.82, 2.24) is 4.90 Å². The fourth-order valence-electron chi connectivity index (χ4n) is 1.45. The molecule has 0 saturated carbocycles. The summed E-state index contributed by atoms with van der Waals surface area (Å²) in [6, 6.07) is 0. The van der Waals surface area contributed by atoms with Gasteiger partial charge < -0.3 is 14.7 Å². The standard InChI is InChI=1S/C12H21NO4/c1-9(5-6-13(4)8-15)12(10(2)7-14)17-11(3)16/h5-6,8-10,12,14H,7H2,1-4H3/b6-5+/t9-,10+,12-/m1/s1. The quantitative estimate of drug-likeness (QED) is 0.530. The van der Waals surface area contributed by atoms with Gasteiger partial charge in [-0.05, 0) is 0 Å². The molecule has 0 unspecified atom stereocenters. The monoisotopic (exact) mass is 243 g/mol. The SMILES string of the molecule is CC(=O)O[C@H]([C@H](C)/C=C/N(C)C=O)[C@@H](C)CO. The van der Waals surface area contributed by atoms with E-state index in [1.54, 1.807) is 26.2 Å². The highest BCUT2D eigenvalue weighted by molar-refractivity contribution is 5.66. The highest BCUT2D eigenvalue weighted by Crippen LogP contribution is 2.18. The van der Waals surface area contributed by atoms with Crippen molar-refractivity contribution in [2.45, 2.75) is 26.9 Å². The molecule has 0 fully saturated rings. The molecule has 0 aromatic heterocycles. The molecule has 5 heteroatoms. The predicted octanol–water partition coefficient (Wildman–Crippen LogP) is 0.784. The first-order valence-electron chi connectivity index (χ1n) is 5.56. The van der Waals surface area contributed by atoms with Crippen LogP contribution in [0.1, 0.15) is 20.8 Å². The summed E-state index contributed by atoms with van der Waals surface area (Å²) in [5.74, 6) is -0.608. The maximum atomic E-state index is 11.0. The smallest absolute Gasteiger partial charge is 0.302 e. The average Bonchev–Trinajstić information content (AvgIpc) is 2.31. The van der Waals surface area contributed by atoms with Gasteiger partial charge in [-0.1, -0.05) is 19.9 Å². The first-order valence-corrected chi connectivity index (χ1v) is 5.56. The van der Waals surface area contributed by atoms with Gasteiger partial charge in [0.15, 0.2) is 0 Å². The molecule has 0 saturated heterocycles. The number of rotatable bonds is 7. The van der Waals surface area contributed by atoms with Crippen molar-refractivity contribution in [2.75, 3.05) is 13.7 Å². The van der Waals surface area contributed by atoms with Crippen molar-refractivity contribution in [3.05, 3.63) is 12.3 Å². The van der Waals surface area contributed by atoms with Crippen LogP contribution in [0.2, 0.25) is 0 Å². The lowest BCUT2D eigenvalue weighted by atomic mass is 9.93. The third-order valence-electron chi connectivity index (χ3n) is 2.46. The summed E-state index contributed by atoms with van der Waals surface area (Å²) >= 11 is 0. The summed E-state index contributed by atoms with van der Waals surface area (Å²) in [6.07, 6.45) is 3.67. The van der Waals surface area contributed by atoms with Gasteiger partial charge in [-0.25, -0.2) is 0 Å². The maximum Gasteiger partial charge on any atom is 0.302 e. The number of hydrogen-bond acceptors (Lipinski definition) is 4. The molecule has 1 N–H and O–H groups in total. The van der Waals surface area contributed by atoms with Crippen LogP contribution < -0.4 is 0 Å². The van der Waals surface area contributed by atoms with Gasteiger partial charge in [0.1, 0.15) is 6.10 Å². The molecule has 0 aliphatic carbocycles. The second-order valence-corrected chi connectivity index (χ2v) is 4.21. The Morgan fingerprint density at radius 2 is 2.06 bits per heavy atom. The van der Waals surface area contributed by atoms with Crippen molar-refractivity contribution in [2.24, 2.45) is 11.8 Å². The number of esters is 1. The van der Waals surface area contributed by atoms with Crippen molar-refractivity contribution in [3.63, 3.8) is 0 Å². The molecule has 5 nitrogen and oxygen atoms in total. The van der Waals surface area contributed by atoms with Crippen LogP contribution in [-0.2, 0) is 14.3 Å². The predicted molar refractivity (Wildman–Crippen MR) is 63.9 cm³/mol. The zero-order chi connectivity index (χ0) is 13.4. The Morgan fingerprint density at radius 1 is 1.47 bits per heavy atom. The number of aliphatic hydroxyl groups is 1. The van der Waals surface area contributed by atoms with Gasteiger partial charge in [-0.15, -0.1) is 0 Å². The number of hydrogen-bond donors (Lipinski definition) is 1. The van der Waals surface area contributed by atoms with E-state index >= 15 is 0 Å². The van der Waals surface area contributed by atoms with Gasteiger partial charge in [0.2, 0.25) is 6.41 Å². The van der Waals surface area contributed by atoms with Crippen LogP contribution in [-0.4, -0.2) is 42.1 Å². The molecule has 0 radical (unpaired) electrons. The molecule has 17 heavy (non-hydrogen) atoms. The van der Waals surface area contributed by atoms with Crippen LogP contribution >= 0.6 is 0 Å². The van der Waals surface area contributed by atoms with E-state index in [-0.39, 0.29) is 24.4 Å². The minimum atomic E-state index is -0.395. The first-order chi connectivity index (χ1) is 7.92. The van der Waals surface area contributed by atoms with Gasteiger partial charge in [0.25, 0.3) is 0 Å². The summed E-state index contributed by atoms with van der Waals surface area (Å²) in [5, 5.41) is 9.11. The summed E-state index contributed by atoms with van der Waals surface area (Å²) < 4.78 is 5.17. The van der Waals surface area contributed by atoms with E-state index in [0.29, 0.717) is 6.41 Å². The Balaban J connectivity index is 4.62. The molecule has 3 atom stereocenters. The molecular weight excluding hydrogens is 222 g/mol. The van der Waals surface area contributed by atoms with Crippen LogP contribution in [0.5, 0.6) is 0 Å². The Morgan fingerprint density at radius 3 is 2.47 bits per heavy atom. The van der Waals surface area contributed by atoms with Gasteiger partial charge in [0, 0.05) is 38.6 Å². The maximum absolute atomic E-state index is 11.0. The van der Waals surface area contributed by atoms with Crippen molar-refractivity contribution in [3.8, 4) is 0 Å². The summed E-state index contributed by atoms with van der Waals surface area (Å²) in [4.78, 5) is 22.7. The fourth-order valence-corrected chi connectivity index (χ4v) is 1.45. The van der Waals surface area contributed by atoms with E-state index in [1.807, 2.05) is 6.92 Å². The second kappa shape index (κ2) is 7.84. The van der Waals surface area contributed by atoms with Crippen LogP contribution in [0.4, 0.5) is 0 Å². The molecule has 0 aromatic carbocycles. The lowest BCUT2D eigenvalue weighted by Gasteiger charge is -2.26. The lowest BCUT2D eigenvalue weighted by Crippen LogP contribution is -2.32. The molecule has 0 spiro atoms. The third-order valence-corrected chi connectivity index (χ3v) is 2.46. The van der Waals surface area contributed by atoms with Crippen LogP contribution in [0.25, 0.3) is 0 Å². The minimum absolute atomic E-state index is 0.0559. The topological polar surface area (TPSA) is 66.8 Å². The molecule has 1 amide bonds. The molecular formula is C12H21NO4. The van der Waals surface area contributed by atoms with E-state index in [0.717, 1.165) is 0 Å². The lowest BCUT2D eigenvalue weighted by molar-refractivity contribution is -0.151. The van der Waals surface area contributed by atoms with Crippen molar-refractivity contribution in [1.29, 1.82) is 0 Å². The minimum Gasteiger partial charge on any atom is -0.462 e. The highest BCUT2D eigenvalue weighted by Gasteiger charge is 2.24. The van der Waals surface area contributed by atoms with Crippen LogP contribution in [0, 0.1) is 11.8 Å². The molecule has 0 bridgehead atoms. The Kier molecular flexibility index (Phi) is 7.21. The zero-order valence-corrected chi connectivity index (χ0v) is 10.8. The van der Waals surface area contributed by atoms with Gasteiger partial charge in [0.05, 0.1) is 0 Å². The number of amides is 1. The Hall–Kier alpha value is -1.36. The number of aliphatic hydroxyl groups excluding tert-OH is 1. The van der Waals surface area contributed by atoms with Crippen molar-refractivity contribution < 1.29 is 19.4 Å². The van der Waals surface area contributed by atoms with E-state index in [1.165, 1.54) is 11.8 Å². The molecule has 0 aliphatic rings. The normalized spacial score (nSPS) is 16.3. The van der Waals surface area contributed by atoms with Gasteiger partial charge in [-0.3, -0.25) is 9.59 Å². The molecule has 0 heterocycles. The fraction of sp³-hybridized carbons (Fsp3) is 0.667. The Bertz CT molecular complexity index is 278. The molecule has 0 rings (SSSR count). The van der Waals surface area contributed by atoms with E-state index < -0.39 is 6.10 Å². The van der Waals surface area contributed by atoms with Gasteiger partial charge >= 0.3 is 5.97 Å². The van der Waals surface area contributed by atoms with Crippen LogP contribution in [0.15, 0.2) is 12.3 Å². The average molecular weight is 243 g/mol. The summed E-state index contributed by atoms with van der Waals surface area (Å²) in [7, 11) is 1.62. The summed E-state index contributed by atoms with van der Waals surface area (Å²) in [5.41, 5.74) is 0. The number of ether oxygens (including phenoxy) is 1. The third kappa shape index (κ3) is 6.06.